The molecule has 0 aliphatic carbocycles. The van der Waals surface area contributed by atoms with E-state index >= 15 is 0 Å². The monoisotopic (exact) mass is 278 g/mol. The van der Waals surface area contributed by atoms with Crippen molar-refractivity contribution in [3.63, 3.8) is 0 Å². The second kappa shape index (κ2) is 7.59. The van der Waals surface area contributed by atoms with E-state index in [1.807, 2.05) is 13.8 Å². The molecule has 0 saturated carbocycles. The van der Waals surface area contributed by atoms with E-state index in [1.54, 1.807) is 4.90 Å². The van der Waals surface area contributed by atoms with E-state index in [0.29, 0.717) is 19.5 Å². The highest BCUT2D eigenvalue weighted by Crippen LogP contribution is 2.19. The number of carbonyl (C=O) groups excluding carboxylic acids is 2. The van der Waals surface area contributed by atoms with Gasteiger partial charge in [0.15, 0.2) is 0 Å². The Kier molecular flexibility index (Phi) is 7.25. The first-order chi connectivity index (χ1) is 8.01. The molecule has 18 heavy (non-hydrogen) atoms. The summed E-state index contributed by atoms with van der Waals surface area (Å²) >= 11 is 0. The number of nitrogens with zero attached hydrogens (tertiary/aromatic N) is 1. The number of esters is 1. The topological polar surface area (TPSA) is 72.6 Å². The van der Waals surface area contributed by atoms with Gasteiger partial charge in [0, 0.05) is 13.1 Å². The van der Waals surface area contributed by atoms with E-state index in [1.165, 1.54) is 7.11 Å². The molecule has 1 saturated heterocycles. The van der Waals surface area contributed by atoms with Crippen molar-refractivity contribution in [1.29, 1.82) is 0 Å². The van der Waals surface area contributed by atoms with Gasteiger partial charge in [-0.05, 0) is 12.3 Å². The first-order valence-electron chi connectivity index (χ1n) is 6.13. The fraction of sp³-hybridized carbons (Fsp3) is 0.833. The molecule has 0 radical (unpaired) electrons. The zero-order valence-corrected chi connectivity index (χ0v) is 12.0. The predicted molar refractivity (Wildman–Crippen MR) is 71.4 cm³/mol. The van der Waals surface area contributed by atoms with Crippen molar-refractivity contribution in [2.24, 2.45) is 17.6 Å². The van der Waals surface area contributed by atoms with Crippen LogP contribution in [-0.2, 0) is 14.3 Å². The summed E-state index contributed by atoms with van der Waals surface area (Å²) in [5.74, 6) is -0.309. The summed E-state index contributed by atoms with van der Waals surface area (Å²) in [6, 6.07) is -0.462. The summed E-state index contributed by atoms with van der Waals surface area (Å²) in [6.45, 7) is 5.02. The van der Waals surface area contributed by atoms with Crippen LogP contribution in [-0.4, -0.2) is 43.0 Å². The second-order valence-electron chi connectivity index (χ2n) is 4.70. The van der Waals surface area contributed by atoms with Crippen LogP contribution in [0.2, 0.25) is 0 Å². The number of hydrogen-bond donors (Lipinski definition) is 1. The number of nitrogens with two attached hydrogens (primary N) is 1. The molecule has 0 aromatic heterocycles. The standard InChI is InChI=1S/C12H22N2O3.ClH/c1-4-8(2)10(13)11(15)14-6-5-9(7-14)12(16)17-3;/h8-10H,4-7,13H2,1-3H3;1H/t8-,9+,10+;/m1./s1. The van der Waals surface area contributed by atoms with Gasteiger partial charge in [0.2, 0.25) is 5.91 Å². The van der Waals surface area contributed by atoms with Crippen LogP contribution >= 0.6 is 12.4 Å². The average Bonchev–Trinajstić information content (AvgIpc) is 2.84. The van der Waals surface area contributed by atoms with Crippen LogP contribution in [0, 0.1) is 11.8 Å². The number of rotatable bonds is 4. The molecule has 3 atom stereocenters. The fourth-order valence-corrected chi connectivity index (χ4v) is 2.03. The van der Waals surface area contributed by atoms with E-state index in [2.05, 4.69) is 4.74 Å². The number of methoxy groups -OCH3 is 1. The molecule has 1 aliphatic heterocycles. The highest BCUT2D eigenvalue weighted by atomic mass is 35.5. The first-order valence-corrected chi connectivity index (χ1v) is 6.13. The Morgan fingerprint density at radius 1 is 1.50 bits per heavy atom. The van der Waals surface area contributed by atoms with Crippen molar-refractivity contribution < 1.29 is 14.3 Å². The van der Waals surface area contributed by atoms with E-state index in [0.717, 1.165) is 6.42 Å². The molecule has 1 fully saturated rings. The van der Waals surface area contributed by atoms with Crippen LogP contribution in [0.1, 0.15) is 26.7 Å². The van der Waals surface area contributed by atoms with Crippen LogP contribution in [0.4, 0.5) is 0 Å². The van der Waals surface area contributed by atoms with Gasteiger partial charge in [0.25, 0.3) is 0 Å². The van der Waals surface area contributed by atoms with Crippen LogP contribution in [0.5, 0.6) is 0 Å². The van der Waals surface area contributed by atoms with Crippen molar-refractivity contribution in [2.75, 3.05) is 20.2 Å². The predicted octanol–water partition coefficient (Wildman–Crippen LogP) is 0.803. The number of ether oxygens (including phenoxy) is 1. The molecule has 2 N–H and O–H groups in total. The van der Waals surface area contributed by atoms with Crippen LogP contribution in [0.3, 0.4) is 0 Å². The average molecular weight is 279 g/mol. The summed E-state index contributed by atoms with van der Waals surface area (Å²) in [4.78, 5) is 25.1. The second-order valence-corrected chi connectivity index (χ2v) is 4.70. The smallest absolute Gasteiger partial charge is 0.310 e. The van der Waals surface area contributed by atoms with Gasteiger partial charge >= 0.3 is 5.97 Å². The summed E-state index contributed by atoms with van der Waals surface area (Å²) < 4.78 is 4.68. The fourth-order valence-electron chi connectivity index (χ4n) is 2.03. The van der Waals surface area contributed by atoms with Gasteiger partial charge in [-0.2, -0.15) is 0 Å². The quantitative estimate of drug-likeness (QED) is 0.772. The lowest BCUT2D eigenvalue weighted by Crippen LogP contribution is -2.46. The number of likely N-dealkylation sites (tertiary alicyclic amines) is 1. The molecule has 0 bridgehead atoms. The Labute approximate surface area is 114 Å². The molecule has 0 aromatic carbocycles. The Morgan fingerprint density at radius 3 is 2.61 bits per heavy atom. The summed E-state index contributed by atoms with van der Waals surface area (Å²) in [5, 5.41) is 0. The zero-order valence-electron chi connectivity index (χ0n) is 11.2. The molecule has 1 heterocycles. The Hall–Kier alpha value is -0.810. The van der Waals surface area contributed by atoms with Gasteiger partial charge in [-0.15, -0.1) is 12.4 Å². The van der Waals surface area contributed by atoms with Crippen molar-refractivity contribution in [3.8, 4) is 0 Å². The molecule has 106 valence electrons. The van der Waals surface area contributed by atoms with Gasteiger partial charge in [0.1, 0.15) is 0 Å². The van der Waals surface area contributed by atoms with Crippen LogP contribution < -0.4 is 5.73 Å². The van der Waals surface area contributed by atoms with Crippen LogP contribution in [0.25, 0.3) is 0 Å². The van der Waals surface area contributed by atoms with E-state index in [-0.39, 0.29) is 36.1 Å². The number of halogens is 1. The van der Waals surface area contributed by atoms with Gasteiger partial charge in [-0.1, -0.05) is 20.3 Å². The van der Waals surface area contributed by atoms with Gasteiger partial charge < -0.3 is 15.4 Å². The lowest BCUT2D eigenvalue weighted by atomic mass is 9.99. The summed E-state index contributed by atoms with van der Waals surface area (Å²) in [5.41, 5.74) is 5.90. The van der Waals surface area contributed by atoms with Crippen molar-refractivity contribution in [3.05, 3.63) is 0 Å². The minimum atomic E-state index is -0.462. The Bertz CT molecular complexity index is 299. The van der Waals surface area contributed by atoms with Gasteiger partial charge in [0.05, 0.1) is 19.1 Å². The molecule has 5 nitrogen and oxygen atoms in total. The SMILES string of the molecule is CC[C@@H](C)[C@H](N)C(=O)N1CC[C@H](C(=O)OC)C1.Cl. The Morgan fingerprint density at radius 2 is 2.11 bits per heavy atom. The number of hydrogen-bond acceptors (Lipinski definition) is 4. The molecule has 1 amide bonds. The molecule has 0 aromatic rings. The van der Waals surface area contributed by atoms with Crippen LogP contribution in [0.15, 0.2) is 0 Å². The van der Waals surface area contributed by atoms with Crippen molar-refractivity contribution >= 4 is 24.3 Å². The molecule has 0 unspecified atom stereocenters. The minimum absolute atomic E-state index is 0. The maximum Gasteiger partial charge on any atom is 0.310 e. The largest absolute Gasteiger partial charge is 0.469 e. The zero-order chi connectivity index (χ0) is 13.0. The third kappa shape index (κ3) is 3.85. The van der Waals surface area contributed by atoms with E-state index in [4.69, 9.17) is 5.73 Å². The summed E-state index contributed by atoms with van der Waals surface area (Å²) in [7, 11) is 1.37. The molecule has 1 rings (SSSR count). The number of amides is 1. The van der Waals surface area contributed by atoms with E-state index < -0.39 is 6.04 Å². The number of carbonyl (C=O) groups is 2. The molecule has 6 heteroatoms. The minimum Gasteiger partial charge on any atom is -0.469 e. The molecular weight excluding hydrogens is 256 g/mol. The Balaban J connectivity index is 0.00000289. The normalized spacial score (nSPS) is 22.0. The molecular formula is C12H23ClN2O3. The van der Waals surface area contributed by atoms with Crippen molar-refractivity contribution in [1.82, 2.24) is 4.90 Å². The molecule has 1 aliphatic rings. The van der Waals surface area contributed by atoms with Gasteiger partial charge in [-0.25, -0.2) is 0 Å². The third-order valence-electron chi connectivity index (χ3n) is 3.58. The highest BCUT2D eigenvalue weighted by molar-refractivity contribution is 5.85. The first kappa shape index (κ1) is 17.2. The van der Waals surface area contributed by atoms with Crippen molar-refractivity contribution in [2.45, 2.75) is 32.7 Å². The lowest BCUT2D eigenvalue weighted by molar-refractivity contribution is -0.145. The maximum atomic E-state index is 12.1. The molecule has 0 spiro atoms. The van der Waals surface area contributed by atoms with Gasteiger partial charge in [-0.3, -0.25) is 9.59 Å². The third-order valence-corrected chi connectivity index (χ3v) is 3.58. The maximum absolute atomic E-state index is 12.1. The lowest BCUT2D eigenvalue weighted by Gasteiger charge is -2.24. The summed E-state index contributed by atoms with van der Waals surface area (Å²) in [6.07, 6.45) is 1.55. The highest BCUT2D eigenvalue weighted by Gasteiger charge is 2.34. The van der Waals surface area contributed by atoms with E-state index in [9.17, 15) is 9.59 Å².